The van der Waals surface area contributed by atoms with E-state index in [1.54, 1.807) is 13.8 Å². The van der Waals surface area contributed by atoms with Crippen molar-refractivity contribution in [3.8, 4) is 0 Å². The standard InChI is InChI=1S/C25H27F4N5O3/c1-12(16-10-17-21(31-13(2)32-22(17)35)33-20(16)25(27,28)29)30-19-6-5-14(9-18(19)26)23(36)34-8-7-15(11-34)24(3,4)37/h5-6,9-10,12,15,30,37H,7-8,11H2,1-4H3,(H,31,32,33,35)/t12-,15+/m0/s1. The summed E-state index contributed by atoms with van der Waals surface area (Å²) < 4.78 is 56.4. The zero-order valence-corrected chi connectivity index (χ0v) is 20.7. The molecule has 12 heteroatoms. The van der Waals surface area contributed by atoms with Gasteiger partial charge in [0.2, 0.25) is 0 Å². The van der Waals surface area contributed by atoms with Gasteiger partial charge in [-0.3, -0.25) is 9.59 Å². The molecule has 0 bridgehead atoms. The lowest BCUT2D eigenvalue weighted by molar-refractivity contribution is -0.141. The summed E-state index contributed by atoms with van der Waals surface area (Å²) in [6.45, 7) is 6.93. The zero-order chi connectivity index (χ0) is 27.3. The van der Waals surface area contributed by atoms with E-state index in [1.807, 2.05) is 0 Å². The first-order chi connectivity index (χ1) is 17.1. The lowest BCUT2D eigenvalue weighted by atomic mass is 9.90. The molecule has 0 radical (unpaired) electrons. The van der Waals surface area contributed by atoms with Gasteiger partial charge in [0.05, 0.1) is 22.7 Å². The molecule has 1 fully saturated rings. The third-order valence-electron chi connectivity index (χ3n) is 6.64. The van der Waals surface area contributed by atoms with Crippen LogP contribution in [0.2, 0.25) is 0 Å². The average molecular weight is 522 g/mol. The third kappa shape index (κ3) is 5.43. The molecule has 3 heterocycles. The molecule has 3 N–H and O–H groups in total. The Morgan fingerprint density at radius 2 is 1.95 bits per heavy atom. The predicted molar refractivity (Wildman–Crippen MR) is 129 cm³/mol. The van der Waals surface area contributed by atoms with E-state index >= 15 is 0 Å². The number of likely N-dealkylation sites (tertiary alicyclic amines) is 1. The summed E-state index contributed by atoms with van der Waals surface area (Å²) in [5, 5.41) is 12.8. The fraction of sp³-hybridized carbons (Fsp3) is 0.440. The number of nitrogens with one attached hydrogen (secondary N) is 2. The van der Waals surface area contributed by atoms with Crippen LogP contribution in [0.25, 0.3) is 11.0 Å². The number of anilines is 1. The lowest BCUT2D eigenvalue weighted by Gasteiger charge is -2.25. The van der Waals surface area contributed by atoms with Gasteiger partial charge in [-0.1, -0.05) is 0 Å². The van der Waals surface area contributed by atoms with Crippen molar-refractivity contribution in [3.63, 3.8) is 0 Å². The Balaban J connectivity index is 1.60. The normalized spacial score (nSPS) is 17.3. The number of benzene rings is 1. The van der Waals surface area contributed by atoms with Crippen LogP contribution in [0.5, 0.6) is 0 Å². The van der Waals surface area contributed by atoms with Crippen molar-refractivity contribution in [2.24, 2.45) is 5.92 Å². The largest absolute Gasteiger partial charge is 0.433 e. The fourth-order valence-corrected chi connectivity index (χ4v) is 4.53. The van der Waals surface area contributed by atoms with Crippen LogP contribution in [-0.2, 0) is 6.18 Å². The fourth-order valence-electron chi connectivity index (χ4n) is 4.53. The van der Waals surface area contributed by atoms with Gasteiger partial charge in [0.1, 0.15) is 11.6 Å². The van der Waals surface area contributed by atoms with Crippen molar-refractivity contribution < 1.29 is 27.5 Å². The summed E-state index contributed by atoms with van der Waals surface area (Å²) in [4.78, 5) is 36.6. The van der Waals surface area contributed by atoms with Crippen LogP contribution >= 0.6 is 0 Å². The van der Waals surface area contributed by atoms with Crippen molar-refractivity contribution in [2.45, 2.75) is 51.9 Å². The number of aromatic nitrogens is 3. The SMILES string of the molecule is Cc1nc2nc(C(F)(F)F)c([C@H](C)Nc3ccc(C(=O)N4CC[C@@H](C(C)(C)O)C4)cc3F)cc2c(=O)[nH]1. The summed E-state index contributed by atoms with van der Waals surface area (Å²) in [6.07, 6.45) is -4.22. The van der Waals surface area contributed by atoms with Crippen molar-refractivity contribution in [1.29, 1.82) is 0 Å². The maximum Gasteiger partial charge on any atom is 0.433 e. The number of nitrogens with zero attached hydrogens (tertiary/aromatic N) is 3. The van der Waals surface area contributed by atoms with Crippen molar-refractivity contribution in [3.05, 3.63) is 63.1 Å². The minimum absolute atomic E-state index is 0.0865. The molecule has 1 amide bonds. The Bertz CT molecular complexity index is 1410. The summed E-state index contributed by atoms with van der Waals surface area (Å²) in [5.74, 6) is -1.20. The van der Waals surface area contributed by atoms with Crippen LogP contribution in [0.4, 0.5) is 23.2 Å². The maximum absolute atomic E-state index is 15.0. The van der Waals surface area contributed by atoms with Crippen LogP contribution in [-0.4, -0.2) is 49.6 Å². The van der Waals surface area contributed by atoms with E-state index < -0.39 is 40.8 Å². The molecule has 1 aliphatic rings. The number of carbonyl (C=O) groups excluding carboxylic acids is 1. The Morgan fingerprint density at radius 3 is 2.54 bits per heavy atom. The molecule has 198 valence electrons. The molecular weight excluding hydrogens is 494 g/mol. The van der Waals surface area contributed by atoms with Gasteiger partial charge >= 0.3 is 6.18 Å². The molecule has 8 nitrogen and oxygen atoms in total. The van der Waals surface area contributed by atoms with Gasteiger partial charge in [-0.15, -0.1) is 0 Å². The highest BCUT2D eigenvalue weighted by molar-refractivity contribution is 5.94. The quantitative estimate of drug-likeness (QED) is 0.435. The van der Waals surface area contributed by atoms with E-state index in [0.717, 1.165) is 12.1 Å². The number of hydrogen-bond donors (Lipinski definition) is 3. The highest BCUT2D eigenvalue weighted by atomic mass is 19.4. The van der Waals surface area contributed by atoms with Gasteiger partial charge in [-0.05, 0) is 58.4 Å². The smallest absolute Gasteiger partial charge is 0.390 e. The number of halogens is 4. The topological polar surface area (TPSA) is 111 Å². The second-order valence-electron chi connectivity index (χ2n) is 9.90. The summed E-state index contributed by atoms with van der Waals surface area (Å²) in [5.41, 5.74) is -3.55. The number of amides is 1. The first-order valence-electron chi connectivity index (χ1n) is 11.7. The molecule has 2 aromatic heterocycles. The van der Waals surface area contributed by atoms with Gasteiger partial charge in [-0.25, -0.2) is 14.4 Å². The van der Waals surface area contributed by atoms with Gasteiger partial charge < -0.3 is 20.3 Å². The minimum Gasteiger partial charge on any atom is -0.390 e. The van der Waals surface area contributed by atoms with Crippen LogP contribution in [0.15, 0.2) is 29.1 Å². The highest BCUT2D eigenvalue weighted by Crippen LogP contribution is 2.36. The Kier molecular flexibility index (Phi) is 6.74. The van der Waals surface area contributed by atoms with E-state index in [1.165, 1.54) is 30.9 Å². The summed E-state index contributed by atoms with van der Waals surface area (Å²) in [7, 11) is 0. The van der Waals surface area contributed by atoms with Crippen LogP contribution in [0, 0.1) is 18.7 Å². The molecule has 1 aromatic carbocycles. The highest BCUT2D eigenvalue weighted by Gasteiger charge is 2.38. The first-order valence-corrected chi connectivity index (χ1v) is 11.7. The number of aliphatic hydroxyl groups is 1. The molecule has 37 heavy (non-hydrogen) atoms. The predicted octanol–water partition coefficient (Wildman–Crippen LogP) is 4.19. The second-order valence-corrected chi connectivity index (χ2v) is 9.90. The Labute approximate surface area is 209 Å². The molecule has 1 saturated heterocycles. The number of hydrogen-bond acceptors (Lipinski definition) is 6. The van der Waals surface area contributed by atoms with E-state index in [4.69, 9.17) is 0 Å². The Hall–Kier alpha value is -3.54. The molecule has 4 rings (SSSR count). The van der Waals surface area contributed by atoms with E-state index in [9.17, 15) is 32.3 Å². The molecular formula is C25H27F4N5O3. The molecule has 0 spiro atoms. The number of aryl methyl sites for hydroxylation is 1. The van der Waals surface area contributed by atoms with Crippen LogP contribution < -0.4 is 10.9 Å². The number of alkyl halides is 3. The molecule has 1 aliphatic heterocycles. The molecule has 3 aromatic rings. The number of rotatable bonds is 5. The van der Waals surface area contributed by atoms with Crippen LogP contribution in [0.3, 0.4) is 0 Å². The van der Waals surface area contributed by atoms with E-state index in [2.05, 4.69) is 20.3 Å². The van der Waals surface area contributed by atoms with Crippen molar-refractivity contribution in [2.75, 3.05) is 18.4 Å². The van der Waals surface area contributed by atoms with Gasteiger partial charge in [0.15, 0.2) is 11.3 Å². The van der Waals surface area contributed by atoms with Gasteiger partial charge in [0.25, 0.3) is 11.5 Å². The minimum atomic E-state index is -4.84. The van der Waals surface area contributed by atoms with Crippen molar-refractivity contribution in [1.82, 2.24) is 19.9 Å². The number of pyridine rings is 1. The molecule has 0 aliphatic carbocycles. The molecule has 0 saturated carbocycles. The van der Waals surface area contributed by atoms with E-state index in [-0.39, 0.29) is 39.6 Å². The van der Waals surface area contributed by atoms with E-state index in [0.29, 0.717) is 19.5 Å². The number of H-pyrrole nitrogens is 1. The lowest BCUT2D eigenvalue weighted by Crippen LogP contribution is -2.35. The number of fused-ring (bicyclic) bond motifs is 1. The second kappa shape index (κ2) is 9.40. The van der Waals surface area contributed by atoms with Crippen molar-refractivity contribution >= 4 is 22.6 Å². The molecule has 2 atom stereocenters. The van der Waals surface area contributed by atoms with Crippen LogP contribution in [0.1, 0.15) is 60.7 Å². The third-order valence-corrected chi connectivity index (χ3v) is 6.64. The zero-order valence-electron chi connectivity index (χ0n) is 20.7. The first kappa shape index (κ1) is 26.5. The number of carbonyl (C=O) groups is 1. The van der Waals surface area contributed by atoms with Gasteiger partial charge in [-0.2, -0.15) is 13.2 Å². The summed E-state index contributed by atoms with van der Waals surface area (Å²) >= 11 is 0. The number of aromatic amines is 1. The molecule has 0 unspecified atom stereocenters. The maximum atomic E-state index is 15.0. The monoisotopic (exact) mass is 521 g/mol. The Morgan fingerprint density at radius 1 is 1.24 bits per heavy atom. The average Bonchev–Trinajstić information content (AvgIpc) is 3.29. The van der Waals surface area contributed by atoms with Gasteiger partial charge in [0, 0.05) is 30.1 Å². The summed E-state index contributed by atoms with van der Waals surface area (Å²) in [6, 6.07) is 3.64.